The highest BCUT2D eigenvalue weighted by Crippen LogP contribution is 2.33. The largest absolute Gasteiger partial charge is 0.495 e. The van der Waals surface area contributed by atoms with Gasteiger partial charge in [0.05, 0.1) is 12.8 Å². The van der Waals surface area contributed by atoms with Gasteiger partial charge in [-0.2, -0.15) is 0 Å². The molecule has 1 unspecified atom stereocenters. The first-order valence-electron chi connectivity index (χ1n) is 8.25. The van der Waals surface area contributed by atoms with E-state index in [0.29, 0.717) is 11.9 Å². The molecular weight excluding hydrogens is 286 g/mol. The van der Waals surface area contributed by atoms with E-state index in [1.54, 1.807) is 7.11 Å². The van der Waals surface area contributed by atoms with E-state index >= 15 is 0 Å². The molecule has 1 aromatic heterocycles. The minimum atomic E-state index is 0.430. The van der Waals surface area contributed by atoms with Crippen molar-refractivity contribution >= 4 is 5.82 Å². The monoisotopic (exact) mass is 311 g/mol. The van der Waals surface area contributed by atoms with Crippen LogP contribution in [-0.2, 0) is 0 Å². The van der Waals surface area contributed by atoms with Gasteiger partial charge < -0.3 is 10.5 Å². The number of anilines is 1. The average molecular weight is 311 g/mol. The first kappa shape index (κ1) is 15.8. The molecule has 1 fully saturated rings. The van der Waals surface area contributed by atoms with Gasteiger partial charge >= 0.3 is 0 Å². The molecule has 0 radical (unpaired) electrons. The molecule has 1 aromatic carbocycles. The molecule has 1 saturated heterocycles. The minimum Gasteiger partial charge on any atom is -0.495 e. The SMILES string of the molecule is COc1cc(-c2cccc(C(C)N3CCCC3)c2)c(N)nc1C. The molecule has 1 aliphatic heterocycles. The molecule has 2 aromatic rings. The number of hydrogen-bond donors (Lipinski definition) is 1. The van der Waals surface area contributed by atoms with Crippen LogP contribution in [0, 0.1) is 6.92 Å². The third-order valence-corrected chi connectivity index (χ3v) is 4.78. The Morgan fingerprint density at radius 3 is 2.65 bits per heavy atom. The number of nitrogens with zero attached hydrogens (tertiary/aromatic N) is 2. The zero-order valence-corrected chi connectivity index (χ0v) is 14.2. The van der Waals surface area contributed by atoms with Crippen LogP contribution in [0.4, 0.5) is 5.82 Å². The van der Waals surface area contributed by atoms with E-state index in [4.69, 9.17) is 10.5 Å². The maximum absolute atomic E-state index is 6.15. The molecule has 0 amide bonds. The standard InChI is InChI=1S/C19H25N3O/c1-13-18(23-3)12-17(19(20)21-13)16-8-6-7-15(11-16)14(2)22-9-4-5-10-22/h6-8,11-12,14H,4-5,9-10H2,1-3H3,(H2,20,21). The van der Waals surface area contributed by atoms with E-state index in [9.17, 15) is 0 Å². The summed E-state index contributed by atoms with van der Waals surface area (Å²) in [6.07, 6.45) is 2.60. The van der Waals surface area contributed by atoms with Gasteiger partial charge in [0.2, 0.25) is 0 Å². The second-order valence-corrected chi connectivity index (χ2v) is 6.25. The van der Waals surface area contributed by atoms with E-state index in [0.717, 1.165) is 22.6 Å². The number of rotatable bonds is 4. The van der Waals surface area contributed by atoms with Gasteiger partial charge in [0.25, 0.3) is 0 Å². The van der Waals surface area contributed by atoms with E-state index in [2.05, 4.69) is 41.1 Å². The molecule has 0 spiro atoms. The smallest absolute Gasteiger partial charge is 0.140 e. The molecular formula is C19H25N3O. The van der Waals surface area contributed by atoms with Crippen LogP contribution in [0.25, 0.3) is 11.1 Å². The summed E-state index contributed by atoms with van der Waals surface area (Å²) in [6.45, 7) is 6.56. The van der Waals surface area contributed by atoms with Gasteiger partial charge in [0.15, 0.2) is 0 Å². The molecule has 0 aliphatic carbocycles. The predicted molar refractivity (Wildman–Crippen MR) is 94.6 cm³/mol. The van der Waals surface area contributed by atoms with Gasteiger partial charge in [-0.1, -0.05) is 18.2 Å². The van der Waals surface area contributed by atoms with Crippen LogP contribution in [0.1, 0.15) is 37.1 Å². The van der Waals surface area contributed by atoms with Crippen molar-refractivity contribution in [3.8, 4) is 16.9 Å². The maximum atomic E-state index is 6.15. The first-order valence-corrected chi connectivity index (χ1v) is 8.25. The van der Waals surface area contributed by atoms with Gasteiger partial charge in [-0.05, 0) is 63.0 Å². The van der Waals surface area contributed by atoms with Crippen LogP contribution in [0.2, 0.25) is 0 Å². The highest BCUT2D eigenvalue weighted by atomic mass is 16.5. The third-order valence-electron chi connectivity index (χ3n) is 4.78. The molecule has 4 heteroatoms. The molecule has 4 nitrogen and oxygen atoms in total. The topological polar surface area (TPSA) is 51.4 Å². The Labute approximate surface area is 138 Å². The number of aromatic nitrogens is 1. The molecule has 1 atom stereocenters. The van der Waals surface area contributed by atoms with E-state index in [-0.39, 0.29) is 0 Å². The molecule has 0 bridgehead atoms. The Morgan fingerprint density at radius 1 is 1.22 bits per heavy atom. The van der Waals surface area contributed by atoms with Crippen molar-refractivity contribution in [2.45, 2.75) is 32.7 Å². The van der Waals surface area contributed by atoms with E-state index in [1.165, 1.54) is 31.5 Å². The minimum absolute atomic E-state index is 0.430. The zero-order valence-electron chi connectivity index (χ0n) is 14.2. The lowest BCUT2D eigenvalue weighted by molar-refractivity contribution is 0.263. The number of aryl methyl sites for hydroxylation is 1. The van der Waals surface area contributed by atoms with Gasteiger partial charge in [0, 0.05) is 11.6 Å². The fraction of sp³-hybridized carbons (Fsp3) is 0.421. The summed E-state index contributed by atoms with van der Waals surface area (Å²) in [5, 5.41) is 0. The van der Waals surface area contributed by atoms with Crippen molar-refractivity contribution in [2.75, 3.05) is 25.9 Å². The Hall–Kier alpha value is -2.07. The Morgan fingerprint density at radius 2 is 1.96 bits per heavy atom. The summed E-state index contributed by atoms with van der Waals surface area (Å²) in [5.41, 5.74) is 10.3. The van der Waals surface area contributed by atoms with E-state index in [1.807, 2.05) is 13.0 Å². The molecule has 0 saturated carbocycles. The van der Waals surface area contributed by atoms with Crippen molar-refractivity contribution < 1.29 is 4.74 Å². The van der Waals surface area contributed by atoms with Gasteiger partial charge in [-0.15, -0.1) is 0 Å². The highest BCUT2D eigenvalue weighted by Gasteiger charge is 2.20. The Kier molecular flexibility index (Phi) is 4.53. The molecule has 122 valence electrons. The van der Waals surface area contributed by atoms with Crippen molar-refractivity contribution in [3.05, 3.63) is 41.6 Å². The van der Waals surface area contributed by atoms with Crippen molar-refractivity contribution in [1.29, 1.82) is 0 Å². The quantitative estimate of drug-likeness (QED) is 0.933. The average Bonchev–Trinajstić information content (AvgIpc) is 3.09. The summed E-state index contributed by atoms with van der Waals surface area (Å²) in [5.74, 6) is 1.32. The number of pyridine rings is 1. The Bertz CT molecular complexity index is 693. The zero-order chi connectivity index (χ0) is 16.4. The molecule has 23 heavy (non-hydrogen) atoms. The van der Waals surface area contributed by atoms with Crippen LogP contribution < -0.4 is 10.5 Å². The Balaban J connectivity index is 1.96. The lowest BCUT2D eigenvalue weighted by atomic mass is 9.99. The number of nitrogens with two attached hydrogens (primary N) is 1. The first-order chi connectivity index (χ1) is 11.1. The second kappa shape index (κ2) is 6.59. The lowest BCUT2D eigenvalue weighted by Gasteiger charge is -2.24. The van der Waals surface area contributed by atoms with Gasteiger partial charge in [-0.3, -0.25) is 4.90 Å². The van der Waals surface area contributed by atoms with Gasteiger partial charge in [-0.25, -0.2) is 4.98 Å². The molecule has 3 rings (SSSR count). The van der Waals surface area contributed by atoms with Crippen LogP contribution in [0.3, 0.4) is 0 Å². The normalized spacial score (nSPS) is 16.5. The van der Waals surface area contributed by atoms with Crippen molar-refractivity contribution in [2.24, 2.45) is 0 Å². The fourth-order valence-corrected chi connectivity index (χ4v) is 3.35. The fourth-order valence-electron chi connectivity index (χ4n) is 3.35. The number of benzene rings is 1. The number of hydrogen-bond acceptors (Lipinski definition) is 4. The maximum Gasteiger partial charge on any atom is 0.140 e. The molecule has 2 N–H and O–H groups in total. The summed E-state index contributed by atoms with van der Waals surface area (Å²) in [6, 6.07) is 11.0. The van der Waals surface area contributed by atoms with Crippen molar-refractivity contribution in [1.82, 2.24) is 9.88 Å². The number of ether oxygens (including phenoxy) is 1. The number of nitrogen functional groups attached to an aromatic ring is 1. The number of methoxy groups -OCH3 is 1. The molecule has 2 heterocycles. The van der Waals surface area contributed by atoms with Gasteiger partial charge in [0.1, 0.15) is 11.6 Å². The second-order valence-electron chi connectivity index (χ2n) is 6.25. The van der Waals surface area contributed by atoms with Crippen LogP contribution >= 0.6 is 0 Å². The van der Waals surface area contributed by atoms with Crippen LogP contribution in [-0.4, -0.2) is 30.1 Å². The van der Waals surface area contributed by atoms with Crippen LogP contribution in [0.5, 0.6) is 5.75 Å². The number of likely N-dealkylation sites (tertiary alicyclic amines) is 1. The summed E-state index contributed by atoms with van der Waals surface area (Å²) >= 11 is 0. The summed E-state index contributed by atoms with van der Waals surface area (Å²) in [7, 11) is 1.66. The van der Waals surface area contributed by atoms with Crippen molar-refractivity contribution in [3.63, 3.8) is 0 Å². The predicted octanol–water partition coefficient (Wildman–Crippen LogP) is 3.80. The van der Waals surface area contributed by atoms with E-state index < -0.39 is 0 Å². The highest BCUT2D eigenvalue weighted by molar-refractivity contribution is 5.76. The van der Waals surface area contributed by atoms with Crippen LogP contribution in [0.15, 0.2) is 30.3 Å². The third kappa shape index (κ3) is 3.17. The molecule has 1 aliphatic rings. The summed E-state index contributed by atoms with van der Waals surface area (Å²) < 4.78 is 5.39. The lowest BCUT2D eigenvalue weighted by Crippen LogP contribution is -2.23. The summed E-state index contributed by atoms with van der Waals surface area (Å²) in [4.78, 5) is 6.95.